The maximum atomic E-state index is 12.9. The monoisotopic (exact) mass is 416 g/mol. The summed E-state index contributed by atoms with van der Waals surface area (Å²) in [6.07, 6.45) is 1.53. The molecule has 8 nitrogen and oxygen atoms in total. The number of aromatic nitrogens is 3. The number of carbonyl (C=O) groups excluding carboxylic acids is 1. The molecule has 0 aliphatic rings. The molecule has 8 heteroatoms. The summed E-state index contributed by atoms with van der Waals surface area (Å²) < 4.78 is 11.9. The first-order chi connectivity index (χ1) is 15.1. The fourth-order valence-corrected chi connectivity index (χ4v) is 3.18. The van der Waals surface area contributed by atoms with Crippen molar-refractivity contribution < 1.29 is 14.1 Å². The number of aryl methyl sites for hydroxylation is 1. The molecule has 156 valence electrons. The summed E-state index contributed by atoms with van der Waals surface area (Å²) in [5.74, 6) is 0.668. The van der Waals surface area contributed by atoms with Crippen LogP contribution in [0.25, 0.3) is 22.8 Å². The molecule has 0 aliphatic carbocycles. The molecule has 0 spiro atoms. The van der Waals surface area contributed by atoms with E-state index in [9.17, 15) is 9.59 Å². The second-order valence-electron chi connectivity index (χ2n) is 6.84. The SMILES string of the molecule is COc1ccccc1NC(=O)Cn1cccc(-c2nc(-c3ccccc3C)no2)c1=O. The van der Waals surface area contributed by atoms with Gasteiger partial charge in [0.1, 0.15) is 17.9 Å². The van der Waals surface area contributed by atoms with Crippen LogP contribution in [-0.4, -0.2) is 27.7 Å². The predicted octanol–water partition coefficient (Wildman–Crippen LogP) is 3.52. The summed E-state index contributed by atoms with van der Waals surface area (Å²) in [5.41, 5.74) is 2.16. The molecule has 4 rings (SSSR count). The van der Waals surface area contributed by atoms with Crippen LogP contribution in [0.2, 0.25) is 0 Å². The summed E-state index contributed by atoms with van der Waals surface area (Å²) in [6, 6.07) is 17.9. The fraction of sp³-hybridized carbons (Fsp3) is 0.130. The van der Waals surface area contributed by atoms with Gasteiger partial charge < -0.3 is 19.1 Å². The van der Waals surface area contributed by atoms with Gasteiger partial charge in [-0.25, -0.2) is 0 Å². The number of rotatable bonds is 6. The lowest BCUT2D eigenvalue weighted by molar-refractivity contribution is -0.116. The minimum absolute atomic E-state index is 0.0998. The Morgan fingerprint density at radius 3 is 2.61 bits per heavy atom. The van der Waals surface area contributed by atoms with Crippen LogP contribution in [-0.2, 0) is 11.3 Å². The first-order valence-corrected chi connectivity index (χ1v) is 9.59. The van der Waals surface area contributed by atoms with Gasteiger partial charge in [-0.3, -0.25) is 9.59 Å². The van der Waals surface area contributed by atoms with E-state index < -0.39 is 5.56 Å². The van der Waals surface area contributed by atoms with Gasteiger partial charge in [0, 0.05) is 11.8 Å². The lowest BCUT2D eigenvalue weighted by Gasteiger charge is -2.11. The van der Waals surface area contributed by atoms with Crippen molar-refractivity contribution in [3.8, 4) is 28.6 Å². The molecule has 2 heterocycles. The number of amides is 1. The zero-order valence-corrected chi connectivity index (χ0v) is 17.0. The Labute approximate surface area is 178 Å². The van der Waals surface area contributed by atoms with Gasteiger partial charge in [0.25, 0.3) is 11.4 Å². The molecular weight excluding hydrogens is 396 g/mol. The van der Waals surface area contributed by atoms with Crippen LogP contribution in [0.4, 0.5) is 5.69 Å². The molecule has 1 amide bonds. The summed E-state index contributed by atoms with van der Waals surface area (Å²) in [4.78, 5) is 29.8. The Morgan fingerprint density at radius 1 is 1.06 bits per heavy atom. The number of methoxy groups -OCH3 is 1. The highest BCUT2D eigenvalue weighted by Crippen LogP contribution is 2.24. The summed E-state index contributed by atoms with van der Waals surface area (Å²) in [7, 11) is 1.52. The number of nitrogens with zero attached hydrogens (tertiary/aromatic N) is 3. The predicted molar refractivity (Wildman–Crippen MR) is 116 cm³/mol. The van der Waals surface area contributed by atoms with E-state index in [1.807, 2.05) is 31.2 Å². The van der Waals surface area contributed by atoms with Crippen LogP contribution >= 0.6 is 0 Å². The topological polar surface area (TPSA) is 99.2 Å². The molecule has 0 saturated carbocycles. The second-order valence-corrected chi connectivity index (χ2v) is 6.84. The number of ether oxygens (including phenoxy) is 1. The highest BCUT2D eigenvalue weighted by atomic mass is 16.5. The average Bonchev–Trinajstić information content (AvgIpc) is 3.25. The van der Waals surface area contributed by atoms with E-state index >= 15 is 0 Å². The van der Waals surface area contributed by atoms with Crippen molar-refractivity contribution in [1.82, 2.24) is 14.7 Å². The van der Waals surface area contributed by atoms with E-state index in [1.54, 1.807) is 36.4 Å². The molecule has 31 heavy (non-hydrogen) atoms. The van der Waals surface area contributed by atoms with Gasteiger partial charge in [0.2, 0.25) is 11.7 Å². The third kappa shape index (κ3) is 4.23. The highest BCUT2D eigenvalue weighted by Gasteiger charge is 2.17. The van der Waals surface area contributed by atoms with Crippen LogP contribution in [0.1, 0.15) is 5.56 Å². The summed E-state index contributed by atoms with van der Waals surface area (Å²) in [5, 5.41) is 6.76. The molecule has 0 unspecified atom stereocenters. The van der Waals surface area contributed by atoms with Gasteiger partial charge >= 0.3 is 0 Å². The van der Waals surface area contributed by atoms with Crippen molar-refractivity contribution in [3.63, 3.8) is 0 Å². The minimum atomic E-state index is -0.405. The zero-order chi connectivity index (χ0) is 21.8. The molecular formula is C23H20N4O4. The van der Waals surface area contributed by atoms with Crippen molar-refractivity contribution in [2.45, 2.75) is 13.5 Å². The number of anilines is 1. The Kier molecular flexibility index (Phi) is 5.61. The van der Waals surface area contributed by atoms with E-state index in [0.29, 0.717) is 17.3 Å². The lowest BCUT2D eigenvalue weighted by Crippen LogP contribution is -2.28. The van der Waals surface area contributed by atoms with E-state index in [1.165, 1.54) is 17.9 Å². The molecule has 0 aliphatic heterocycles. The Balaban J connectivity index is 1.57. The van der Waals surface area contributed by atoms with Crippen molar-refractivity contribution in [2.24, 2.45) is 0 Å². The van der Waals surface area contributed by atoms with E-state index in [2.05, 4.69) is 15.5 Å². The molecule has 4 aromatic rings. The van der Waals surface area contributed by atoms with Crippen LogP contribution in [0.3, 0.4) is 0 Å². The standard InChI is InChI=1S/C23H20N4O4/c1-15-8-3-4-9-16(15)21-25-22(31-26-21)17-10-7-13-27(23(17)29)14-20(28)24-18-11-5-6-12-19(18)30-2/h3-13H,14H2,1-2H3,(H,24,28). The van der Waals surface area contributed by atoms with Crippen molar-refractivity contribution in [3.05, 3.63) is 82.8 Å². The summed E-state index contributed by atoms with van der Waals surface area (Å²) >= 11 is 0. The Hall–Kier alpha value is -4.20. The third-order valence-electron chi connectivity index (χ3n) is 4.76. The number of pyridine rings is 1. The van der Waals surface area contributed by atoms with Crippen molar-refractivity contribution in [1.29, 1.82) is 0 Å². The first kappa shape index (κ1) is 20.1. The minimum Gasteiger partial charge on any atom is -0.495 e. The van der Waals surface area contributed by atoms with Crippen molar-refractivity contribution in [2.75, 3.05) is 12.4 Å². The number of hydrogen-bond donors (Lipinski definition) is 1. The van der Waals surface area contributed by atoms with Crippen LogP contribution < -0.4 is 15.6 Å². The second kappa shape index (κ2) is 8.66. The van der Waals surface area contributed by atoms with Gasteiger partial charge in [-0.2, -0.15) is 4.98 Å². The largest absolute Gasteiger partial charge is 0.495 e. The first-order valence-electron chi connectivity index (χ1n) is 9.59. The van der Waals surface area contributed by atoms with Crippen LogP contribution in [0.5, 0.6) is 5.75 Å². The highest BCUT2D eigenvalue weighted by molar-refractivity contribution is 5.92. The van der Waals surface area contributed by atoms with E-state index in [0.717, 1.165) is 11.1 Å². The van der Waals surface area contributed by atoms with Gasteiger partial charge in [-0.1, -0.05) is 41.6 Å². The van der Waals surface area contributed by atoms with E-state index in [4.69, 9.17) is 9.26 Å². The molecule has 2 aromatic carbocycles. The maximum Gasteiger partial charge on any atom is 0.263 e. The quantitative estimate of drug-likeness (QED) is 0.516. The fourth-order valence-electron chi connectivity index (χ4n) is 3.18. The third-order valence-corrected chi connectivity index (χ3v) is 4.76. The van der Waals surface area contributed by atoms with Gasteiger partial charge in [-0.05, 0) is 36.8 Å². The molecule has 0 radical (unpaired) electrons. The Morgan fingerprint density at radius 2 is 1.81 bits per heavy atom. The molecule has 2 aromatic heterocycles. The van der Waals surface area contributed by atoms with Crippen LogP contribution in [0, 0.1) is 6.92 Å². The summed E-state index contributed by atoms with van der Waals surface area (Å²) in [6.45, 7) is 1.77. The zero-order valence-electron chi connectivity index (χ0n) is 17.0. The smallest absolute Gasteiger partial charge is 0.263 e. The normalized spacial score (nSPS) is 10.6. The lowest BCUT2D eigenvalue weighted by atomic mass is 10.1. The van der Waals surface area contributed by atoms with Gasteiger partial charge in [0.05, 0.1) is 12.8 Å². The number of hydrogen-bond acceptors (Lipinski definition) is 6. The number of benzene rings is 2. The number of para-hydroxylation sites is 2. The van der Waals surface area contributed by atoms with Gasteiger partial charge in [-0.15, -0.1) is 0 Å². The van der Waals surface area contributed by atoms with E-state index in [-0.39, 0.29) is 23.9 Å². The number of carbonyl (C=O) groups is 1. The van der Waals surface area contributed by atoms with Crippen LogP contribution in [0.15, 0.2) is 76.2 Å². The molecule has 0 bridgehead atoms. The molecule has 0 atom stereocenters. The average molecular weight is 416 g/mol. The molecule has 0 saturated heterocycles. The van der Waals surface area contributed by atoms with Gasteiger partial charge in [0.15, 0.2) is 0 Å². The van der Waals surface area contributed by atoms with Crippen molar-refractivity contribution >= 4 is 11.6 Å². The Bertz CT molecular complexity index is 1290. The number of nitrogens with one attached hydrogen (secondary N) is 1. The molecule has 0 fully saturated rings. The molecule has 1 N–H and O–H groups in total. The maximum absolute atomic E-state index is 12.9.